The standard InChI is InChI=1S/C14H27N3O2.ClH/c1-19-11-13(15)14(18)17-9-7-16(8-10-17)12-5-3-2-4-6-12;/h12-13H,2-11,15H2,1H3;1H. The first-order chi connectivity index (χ1) is 9.22. The molecular weight excluding hydrogens is 278 g/mol. The molecule has 1 saturated heterocycles. The van der Waals surface area contributed by atoms with Gasteiger partial charge < -0.3 is 15.4 Å². The van der Waals surface area contributed by atoms with E-state index in [1.807, 2.05) is 4.90 Å². The number of carbonyl (C=O) groups excluding carboxylic acids is 1. The largest absolute Gasteiger partial charge is 0.383 e. The number of halogens is 1. The Morgan fingerprint density at radius 2 is 1.80 bits per heavy atom. The molecule has 1 unspecified atom stereocenters. The van der Waals surface area contributed by atoms with Crippen LogP contribution < -0.4 is 5.73 Å². The number of nitrogens with two attached hydrogens (primary N) is 1. The summed E-state index contributed by atoms with van der Waals surface area (Å²) in [5.41, 5.74) is 5.81. The molecule has 1 amide bonds. The molecule has 0 aromatic rings. The third-order valence-corrected chi connectivity index (χ3v) is 4.38. The van der Waals surface area contributed by atoms with Crippen LogP contribution in [0.15, 0.2) is 0 Å². The monoisotopic (exact) mass is 305 g/mol. The van der Waals surface area contributed by atoms with Gasteiger partial charge in [0, 0.05) is 39.3 Å². The highest BCUT2D eigenvalue weighted by Crippen LogP contribution is 2.23. The fraction of sp³-hybridized carbons (Fsp3) is 0.929. The highest BCUT2D eigenvalue weighted by Gasteiger charge is 2.28. The summed E-state index contributed by atoms with van der Waals surface area (Å²) in [5, 5.41) is 0. The summed E-state index contributed by atoms with van der Waals surface area (Å²) < 4.78 is 4.95. The lowest BCUT2D eigenvalue weighted by molar-refractivity contribution is -0.136. The van der Waals surface area contributed by atoms with Gasteiger partial charge in [0.25, 0.3) is 0 Å². The topological polar surface area (TPSA) is 58.8 Å². The molecule has 2 N–H and O–H groups in total. The molecular formula is C14H28ClN3O2. The van der Waals surface area contributed by atoms with Crippen LogP contribution in [0.3, 0.4) is 0 Å². The molecule has 2 rings (SSSR count). The molecule has 1 saturated carbocycles. The van der Waals surface area contributed by atoms with E-state index in [-0.39, 0.29) is 18.3 Å². The van der Waals surface area contributed by atoms with Crippen LogP contribution in [0.25, 0.3) is 0 Å². The van der Waals surface area contributed by atoms with Gasteiger partial charge in [0.2, 0.25) is 5.91 Å². The maximum absolute atomic E-state index is 12.1. The van der Waals surface area contributed by atoms with Crippen molar-refractivity contribution >= 4 is 18.3 Å². The van der Waals surface area contributed by atoms with E-state index < -0.39 is 6.04 Å². The van der Waals surface area contributed by atoms with Gasteiger partial charge in [0.05, 0.1) is 6.61 Å². The number of carbonyl (C=O) groups is 1. The molecule has 1 aliphatic heterocycles. The molecule has 2 fully saturated rings. The zero-order chi connectivity index (χ0) is 13.7. The summed E-state index contributed by atoms with van der Waals surface area (Å²) in [6.45, 7) is 3.92. The predicted molar refractivity (Wildman–Crippen MR) is 82.1 cm³/mol. The van der Waals surface area contributed by atoms with E-state index >= 15 is 0 Å². The van der Waals surface area contributed by atoms with Crippen LogP contribution in [0.1, 0.15) is 32.1 Å². The maximum Gasteiger partial charge on any atom is 0.241 e. The highest BCUT2D eigenvalue weighted by molar-refractivity contribution is 5.85. The van der Waals surface area contributed by atoms with E-state index in [0.717, 1.165) is 32.2 Å². The molecule has 2 aliphatic rings. The number of amides is 1. The number of methoxy groups -OCH3 is 1. The normalized spacial score (nSPS) is 23.2. The van der Waals surface area contributed by atoms with Gasteiger partial charge in [0.15, 0.2) is 0 Å². The van der Waals surface area contributed by atoms with Crippen LogP contribution in [0, 0.1) is 0 Å². The molecule has 118 valence electrons. The lowest BCUT2D eigenvalue weighted by Crippen LogP contribution is -2.56. The SMILES string of the molecule is COCC(N)C(=O)N1CCN(C2CCCCC2)CC1.Cl. The molecule has 20 heavy (non-hydrogen) atoms. The van der Waals surface area contributed by atoms with Crippen molar-refractivity contribution in [1.29, 1.82) is 0 Å². The van der Waals surface area contributed by atoms with Crippen LogP contribution in [0.4, 0.5) is 0 Å². The predicted octanol–water partition coefficient (Wildman–Crippen LogP) is 0.859. The van der Waals surface area contributed by atoms with E-state index in [9.17, 15) is 4.79 Å². The minimum atomic E-state index is -0.508. The first-order valence-corrected chi connectivity index (χ1v) is 7.49. The molecule has 6 heteroatoms. The van der Waals surface area contributed by atoms with E-state index in [2.05, 4.69) is 4.90 Å². The minimum absolute atomic E-state index is 0. The Balaban J connectivity index is 0.00000200. The van der Waals surface area contributed by atoms with Gasteiger partial charge >= 0.3 is 0 Å². The number of ether oxygens (including phenoxy) is 1. The second kappa shape index (κ2) is 8.82. The summed E-state index contributed by atoms with van der Waals surface area (Å²) in [4.78, 5) is 16.5. The van der Waals surface area contributed by atoms with Gasteiger partial charge in [-0.2, -0.15) is 0 Å². The number of hydrogen-bond acceptors (Lipinski definition) is 4. The second-order valence-electron chi connectivity index (χ2n) is 5.71. The summed E-state index contributed by atoms with van der Waals surface area (Å²) in [7, 11) is 1.58. The Morgan fingerprint density at radius 3 is 2.35 bits per heavy atom. The Hall–Kier alpha value is -0.360. The number of hydrogen-bond donors (Lipinski definition) is 1. The smallest absolute Gasteiger partial charge is 0.241 e. The maximum atomic E-state index is 12.1. The first-order valence-electron chi connectivity index (χ1n) is 7.49. The van der Waals surface area contributed by atoms with Crippen LogP contribution in [-0.2, 0) is 9.53 Å². The zero-order valence-electron chi connectivity index (χ0n) is 12.4. The van der Waals surface area contributed by atoms with Crippen molar-refractivity contribution in [2.75, 3.05) is 39.9 Å². The summed E-state index contributed by atoms with van der Waals surface area (Å²) in [6.07, 6.45) is 6.78. The molecule has 0 bridgehead atoms. The van der Waals surface area contributed by atoms with E-state index in [1.54, 1.807) is 7.11 Å². The van der Waals surface area contributed by atoms with Gasteiger partial charge in [0.1, 0.15) is 6.04 Å². The Morgan fingerprint density at radius 1 is 1.20 bits per heavy atom. The van der Waals surface area contributed by atoms with E-state index in [1.165, 1.54) is 32.1 Å². The lowest BCUT2D eigenvalue weighted by Gasteiger charge is -2.41. The molecule has 1 atom stereocenters. The lowest BCUT2D eigenvalue weighted by atomic mass is 9.94. The molecule has 0 aromatic carbocycles. The van der Waals surface area contributed by atoms with Crippen LogP contribution in [0.5, 0.6) is 0 Å². The van der Waals surface area contributed by atoms with Crippen LogP contribution in [-0.4, -0.2) is 67.7 Å². The molecule has 5 nitrogen and oxygen atoms in total. The molecule has 0 aromatic heterocycles. The molecule has 0 spiro atoms. The van der Waals surface area contributed by atoms with Gasteiger partial charge in [-0.1, -0.05) is 19.3 Å². The van der Waals surface area contributed by atoms with Crippen molar-refractivity contribution in [2.45, 2.75) is 44.2 Å². The van der Waals surface area contributed by atoms with Crippen molar-refractivity contribution in [3.8, 4) is 0 Å². The number of rotatable bonds is 4. The fourth-order valence-corrected chi connectivity index (χ4v) is 3.24. The second-order valence-corrected chi connectivity index (χ2v) is 5.71. The van der Waals surface area contributed by atoms with Gasteiger partial charge in [-0.05, 0) is 12.8 Å². The van der Waals surface area contributed by atoms with Crippen LogP contribution in [0.2, 0.25) is 0 Å². The van der Waals surface area contributed by atoms with Gasteiger partial charge in [-0.25, -0.2) is 0 Å². The highest BCUT2D eigenvalue weighted by atomic mass is 35.5. The third kappa shape index (κ3) is 4.58. The number of piperazine rings is 1. The molecule has 0 radical (unpaired) electrons. The van der Waals surface area contributed by atoms with Gasteiger partial charge in [-0.15, -0.1) is 12.4 Å². The zero-order valence-corrected chi connectivity index (χ0v) is 13.2. The first kappa shape index (κ1) is 17.7. The quantitative estimate of drug-likeness (QED) is 0.837. The van der Waals surface area contributed by atoms with Crippen molar-refractivity contribution in [2.24, 2.45) is 5.73 Å². The Labute approximate surface area is 128 Å². The van der Waals surface area contributed by atoms with Crippen molar-refractivity contribution in [3.05, 3.63) is 0 Å². The molecule has 1 aliphatic carbocycles. The Kier molecular flexibility index (Phi) is 7.80. The summed E-state index contributed by atoms with van der Waals surface area (Å²) in [6, 6.07) is 0.241. The third-order valence-electron chi connectivity index (χ3n) is 4.38. The average Bonchev–Trinajstić information content (AvgIpc) is 2.48. The van der Waals surface area contributed by atoms with Crippen molar-refractivity contribution < 1.29 is 9.53 Å². The summed E-state index contributed by atoms with van der Waals surface area (Å²) in [5.74, 6) is 0.0325. The fourth-order valence-electron chi connectivity index (χ4n) is 3.24. The van der Waals surface area contributed by atoms with E-state index in [0.29, 0.717) is 6.61 Å². The van der Waals surface area contributed by atoms with E-state index in [4.69, 9.17) is 10.5 Å². The minimum Gasteiger partial charge on any atom is -0.383 e. The molecule has 1 heterocycles. The summed E-state index contributed by atoms with van der Waals surface area (Å²) >= 11 is 0. The average molecular weight is 306 g/mol. The van der Waals surface area contributed by atoms with Crippen molar-refractivity contribution in [3.63, 3.8) is 0 Å². The Bertz CT molecular complexity index is 290. The number of nitrogens with zero attached hydrogens (tertiary/aromatic N) is 2. The van der Waals surface area contributed by atoms with Crippen molar-refractivity contribution in [1.82, 2.24) is 9.80 Å². The van der Waals surface area contributed by atoms with Gasteiger partial charge in [-0.3, -0.25) is 9.69 Å². The van der Waals surface area contributed by atoms with Crippen LogP contribution >= 0.6 is 12.4 Å².